The van der Waals surface area contributed by atoms with Gasteiger partial charge in [0.05, 0.1) is 44.8 Å². The van der Waals surface area contributed by atoms with Gasteiger partial charge in [-0.3, -0.25) is 104 Å². The number of esters is 1. The molecule has 0 spiro atoms. The number of fused-ring (bicyclic) bond motifs is 1. The van der Waals surface area contributed by atoms with Crippen molar-refractivity contribution in [2.45, 2.75) is 165 Å². The maximum absolute atomic E-state index is 12.6. The van der Waals surface area contributed by atoms with E-state index < -0.39 is 268 Å². The summed E-state index contributed by atoms with van der Waals surface area (Å²) in [6.07, 6.45) is -20.0. The Morgan fingerprint density at radius 3 is 1.15 bits per heavy atom. The first-order chi connectivity index (χ1) is 67.7. The number of benzene rings is 4. The third-order valence-corrected chi connectivity index (χ3v) is 32.3. The summed E-state index contributed by atoms with van der Waals surface area (Å²) in [5, 5.41) is 37.1. The first kappa shape index (κ1) is 116. The van der Waals surface area contributed by atoms with E-state index >= 15 is 0 Å². The third kappa shape index (κ3) is 34.8. The average Bonchev–Trinajstić information content (AvgIpc) is 1.61. The van der Waals surface area contributed by atoms with E-state index in [1.54, 1.807) is 92.7 Å². The first-order valence-corrected chi connectivity index (χ1v) is 55.7. The second-order valence-electron chi connectivity index (χ2n) is 31.6. The van der Waals surface area contributed by atoms with Crippen molar-refractivity contribution < 1.29 is 188 Å². The van der Waals surface area contributed by atoms with Gasteiger partial charge in [0.15, 0.2) is 49.5 Å². The fourth-order valence-corrected chi connectivity index (χ4v) is 23.1. The maximum Gasteiger partial charge on any atom is 0.481 e. The highest BCUT2D eigenvalue weighted by atomic mass is 31.3. The predicted octanol–water partition coefficient (Wildman–Crippen LogP) is 4.73. The molecule has 0 saturated carbocycles. The Labute approximate surface area is 811 Å². The zero-order valence-electron chi connectivity index (χ0n) is 75.9. The van der Waals surface area contributed by atoms with Crippen LogP contribution in [-0.2, 0) is 125 Å². The van der Waals surface area contributed by atoms with E-state index in [0.717, 1.165) is 73.1 Å². The van der Waals surface area contributed by atoms with Crippen molar-refractivity contribution in [3.63, 3.8) is 0 Å². The summed E-state index contributed by atoms with van der Waals surface area (Å²) >= 11 is 0. The second-order valence-corrected chi connectivity index (χ2v) is 45.7. The molecule has 25 atom stereocenters. The molecule has 17 N–H and O–H groups in total. The molecule has 13 unspecified atom stereocenters. The molecule has 13 rings (SSSR count). The standard InChI is InChI=1S/2C21H28N2O12P2.2C18H23N3O12P2/c1-13(2)11-30-36(26,27)35-37(28,29)31-12-15-18-19(20(32-15)23-9-8-16(24)22-21(23)25)34-17(33-18)10-14-6-4-3-5-7-14;1-2-3-7-12-36(28,29)35-37(30,31)32-13-15-17(25)18(34-20(26)14-8-5-4-6-9-14)19(33-15)23-11-10-16(24)22-21(23)27;1-2-34(26,27)33-35(28,29)30-10-12-15(32-18(25)19-11-6-4-3-5-7-11)14(23)16(31-12)21-9-8-13(22)20-17(21)24;1-2-34(26,27)33-35(28,29)30-10-12-14(23)15(32-18(25)19-11-6-4-3-5-7-11)16(31-12)21-9-8-13(22)20-17(21)24/h3-9,13,15,17-20H,10-12H2,1-2H3,(H,26,27)(H,28,29)(H,22,24,25);4-6,8-11,15,17-19,25H,2-3,7,12-13H2,1H3,(H,28,29)(H,30,31)(H,22,24,27);2*3-9,12,14-16,23H,2,10H2,1H3,(H,19,25)(H,26,27)(H,28,29)(H,20,22,24)/t15-,17?,18?,19+,20-;15-,17?,18+,19-;12-,14+,15?,16-;12-,14?,15+,16-/m1111/s1. The minimum absolute atomic E-state index is 0.136. The molecule has 5 aliphatic rings. The summed E-state index contributed by atoms with van der Waals surface area (Å²) in [5.41, 5.74) is -4.54. The summed E-state index contributed by atoms with van der Waals surface area (Å²) in [6, 6.07) is 37.5. The Bertz CT molecular complexity index is 6620. The number of carbonyl (C=O) groups excluding carboxylic acids is 3. The summed E-state index contributed by atoms with van der Waals surface area (Å²) in [7, 11) is -38.4. The normalized spacial score (nSPS) is 26.0. The van der Waals surface area contributed by atoms with E-state index in [2.05, 4.69) is 41.9 Å². The SMILES string of the molecule is CC(C)COP(=O)(O)OP(=O)(O)OC[C@H]1O[C@@H](n2ccc(=O)[nH]c2=O)[C@H]2OC(Cc3ccccc3)OC12.CCCCCP(=O)(O)OP(=O)(O)OC[C@H]1O[C@@H](n2ccc(=O)[nH]c2=O)[C@@H](OC(=O)c2ccccc2)C1O.CCP(=O)(O)OP(=O)(O)OC[C@H]1O[C@@H](n2ccc(=O)[nH]c2=O)[C@@H](O)C1OC(=O)Nc1ccccc1.CCP(=O)(O)OP(=O)(O)OC[C@H]1O[C@@H](n2ccc(=O)[nH]c2=O)[C@@H](OC(=O)Nc2ccccc2)C1O. The summed E-state index contributed by atoms with van der Waals surface area (Å²) in [4.78, 5) is 218. The van der Waals surface area contributed by atoms with E-state index in [0.29, 0.717) is 30.6 Å². The fraction of sp³-hybridized carbons (Fsp3) is 0.449. The molecule has 5 aliphatic heterocycles. The number of aromatic nitrogens is 8. The number of ether oxygens (including phenoxy) is 9. The van der Waals surface area contributed by atoms with Crippen molar-refractivity contribution in [3.8, 4) is 0 Å². The Morgan fingerprint density at radius 1 is 0.382 bits per heavy atom. The lowest BCUT2D eigenvalue weighted by Gasteiger charge is -2.22. The molecule has 0 radical (unpaired) electrons. The smallest absolute Gasteiger partial charge is 0.451 e. The van der Waals surface area contributed by atoms with Gasteiger partial charge in [0, 0.05) is 79.2 Å². The van der Waals surface area contributed by atoms with Crippen molar-refractivity contribution in [1.82, 2.24) is 38.2 Å². The van der Waals surface area contributed by atoms with Crippen LogP contribution >= 0.6 is 61.9 Å². The molecular formula is C78H102N10O48P8. The monoisotopic (exact) mass is 2190 g/mol. The topological polar surface area (TPSA) is 820 Å². The van der Waals surface area contributed by atoms with Crippen LogP contribution in [0, 0.1) is 5.92 Å². The highest BCUT2D eigenvalue weighted by Crippen LogP contribution is 2.64. The maximum atomic E-state index is 12.6. The first-order valence-electron chi connectivity index (χ1n) is 42.9. The van der Waals surface area contributed by atoms with E-state index in [1.165, 1.54) is 32.2 Å². The number of hydrogen-bond donors (Lipinski definition) is 17. The van der Waals surface area contributed by atoms with Gasteiger partial charge in [-0.05, 0) is 54.3 Å². The van der Waals surface area contributed by atoms with Crippen LogP contribution in [-0.4, -0.2) is 242 Å². The number of nitrogens with one attached hydrogen (secondary N) is 6. The van der Waals surface area contributed by atoms with Gasteiger partial charge in [-0.25, -0.2) is 69.3 Å². The summed E-state index contributed by atoms with van der Waals surface area (Å²) in [5.74, 6) is -0.995. The molecule has 58 nitrogen and oxygen atoms in total. The van der Waals surface area contributed by atoms with Crippen LogP contribution in [0.25, 0.3) is 0 Å². The summed E-state index contributed by atoms with van der Waals surface area (Å²) in [6.45, 7) is 4.44. The molecular weight excluding hydrogens is 2090 g/mol. The zero-order valence-corrected chi connectivity index (χ0v) is 83.1. The number of phosphoric acid groups is 5. The zero-order chi connectivity index (χ0) is 106. The van der Waals surface area contributed by atoms with Crippen molar-refractivity contribution in [3.05, 3.63) is 265 Å². The number of aromatic amines is 4. The molecule has 4 aromatic heterocycles. The number of phosphoric ester groups is 5. The molecule has 4 aromatic carbocycles. The molecule has 66 heteroatoms. The number of para-hydroxylation sites is 2. The number of nitrogens with zero attached hydrogens (tertiary/aromatic N) is 4. The number of amides is 2. The molecule has 144 heavy (non-hydrogen) atoms. The number of aliphatic hydroxyl groups is 3. The second kappa shape index (κ2) is 51.4. The Kier molecular flexibility index (Phi) is 41.5. The van der Waals surface area contributed by atoms with Crippen LogP contribution in [0.4, 0.5) is 21.0 Å². The predicted molar refractivity (Wildman–Crippen MR) is 492 cm³/mol. The number of hydrogen-bond acceptors (Lipinski definition) is 40. The lowest BCUT2D eigenvalue weighted by atomic mass is 10.1. The minimum Gasteiger partial charge on any atom is -0.451 e. The molecule has 9 heterocycles. The van der Waals surface area contributed by atoms with E-state index in [9.17, 15) is 144 Å². The lowest BCUT2D eigenvalue weighted by molar-refractivity contribution is -0.150. The van der Waals surface area contributed by atoms with Crippen molar-refractivity contribution in [2.75, 3.05) is 62.2 Å². The minimum atomic E-state index is -5.07. The quantitative estimate of drug-likeness (QED) is 0.0107. The van der Waals surface area contributed by atoms with Gasteiger partial charge in [0.1, 0.15) is 54.9 Å². The molecule has 5 fully saturated rings. The average molecular weight is 2200 g/mol. The van der Waals surface area contributed by atoms with Gasteiger partial charge in [-0.1, -0.05) is 132 Å². The van der Waals surface area contributed by atoms with E-state index in [-0.39, 0.29) is 24.3 Å². The molecule has 0 aliphatic carbocycles. The van der Waals surface area contributed by atoms with Crippen molar-refractivity contribution in [1.29, 1.82) is 0 Å². The number of anilines is 2. The molecule has 5 saturated heterocycles. The van der Waals surface area contributed by atoms with Gasteiger partial charge < -0.3 is 97.1 Å². The molecule has 0 bridgehead atoms. The third-order valence-electron chi connectivity index (χ3n) is 20.3. The Morgan fingerprint density at radius 2 is 0.729 bits per heavy atom. The van der Waals surface area contributed by atoms with Crippen LogP contribution in [0.2, 0.25) is 0 Å². The number of aliphatic hydroxyl groups excluding tert-OH is 3. The van der Waals surface area contributed by atoms with Crippen molar-refractivity contribution >= 4 is 91.4 Å². The number of rotatable bonds is 41. The van der Waals surface area contributed by atoms with Gasteiger partial charge >= 0.3 is 103 Å². The highest BCUT2D eigenvalue weighted by molar-refractivity contribution is 7.65. The molecule has 8 aromatic rings. The van der Waals surface area contributed by atoms with Crippen LogP contribution in [0.1, 0.15) is 94.7 Å². The summed E-state index contributed by atoms with van der Waals surface area (Å²) < 4.78 is 191. The number of unbranched alkanes of at least 4 members (excludes halogenated alkanes) is 2. The van der Waals surface area contributed by atoms with Gasteiger partial charge in [0.2, 0.25) is 0 Å². The largest absolute Gasteiger partial charge is 0.481 e. The lowest BCUT2D eigenvalue weighted by Crippen LogP contribution is -2.41. The van der Waals surface area contributed by atoms with Crippen LogP contribution in [0.15, 0.2) is 209 Å². The molecule has 2 amide bonds. The van der Waals surface area contributed by atoms with Gasteiger partial charge in [0.25, 0.3) is 22.2 Å². The molecule has 792 valence electrons. The van der Waals surface area contributed by atoms with Crippen LogP contribution < -0.4 is 55.6 Å². The van der Waals surface area contributed by atoms with Crippen LogP contribution in [0.5, 0.6) is 0 Å². The number of H-pyrrole nitrogens is 4. The van der Waals surface area contributed by atoms with Crippen LogP contribution in [0.3, 0.4) is 0 Å². The van der Waals surface area contributed by atoms with Gasteiger partial charge in [-0.2, -0.15) is 4.31 Å². The van der Waals surface area contributed by atoms with E-state index in [4.69, 9.17) is 56.2 Å². The number of carbonyl (C=O) groups is 3. The van der Waals surface area contributed by atoms with Crippen molar-refractivity contribution in [2.24, 2.45) is 5.92 Å². The fourth-order valence-electron chi connectivity index (χ4n) is 13.5. The Hall–Kier alpha value is -9.59. The van der Waals surface area contributed by atoms with E-state index in [1.807, 2.05) is 52.2 Å². The van der Waals surface area contributed by atoms with Gasteiger partial charge in [-0.15, -0.1) is 0 Å². The Balaban J connectivity index is 0.000000197. The highest BCUT2D eigenvalue weighted by Gasteiger charge is 2.57.